The van der Waals surface area contributed by atoms with Gasteiger partial charge in [-0.3, -0.25) is 4.79 Å². The van der Waals surface area contributed by atoms with Crippen LogP contribution in [0.1, 0.15) is 15.9 Å². The molecule has 19 heavy (non-hydrogen) atoms. The van der Waals surface area contributed by atoms with Crippen molar-refractivity contribution in [3.63, 3.8) is 0 Å². The molecule has 0 spiro atoms. The van der Waals surface area contributed by atoms with Crippen molar-refractivity contribution < 1.29 is 9.18 Å². The van der Waals surface area contributed by atoms with Crippen LogP contribution < -0.4 is 0 Å². The maximum absolute atomic E-state index is 13.4. The molecule has 0 heterocycles. The summed E-state index contributed by atoms with van der Waals surface area (Å²) in [4.78, 5) is 12.3. The molecule has 5 heteroatoms. The molecule has 0 aromatic heterocycles. The highest BCUT2D eigenvalue weighted by Crippen LogP contribution is 2.25. The van der Waals surface area contributed by atoms with Crippen molar-refractivity contribution in [1.82, 2.24) is 0 Å². The number of carbonyl (C=O) groups excluding carboxylic acids is 1. The van der Waals surface area contributed by atoms with Crippen LogP contribution in [-0.4, -0.2) is 5.78 Å². The highest BCUT2D eigenvalue weighted by molar-refractivity contribution is 14.1. The Kier molecular flexibility index (Phi) is 5.14. The number of rotatable bonds is 3. The lowest BCUT2D eigenvalue weighted by atomic mass is 10.0. The van der Waals surface area contributed by atoms with Gasteiger partial charge in [0.25, 0.3) is 0 Å². The molecule has 0 fully saturated rings. The second-order valence-corrected chi connectivity index (χ2v) is 6.83. The predicted octanol–water partition coefficient (Wildman–Crippen LogP) is 5.38. The van der Waals surface area contributed by atoms with Crippen molar-refractivity contribution in [2.24, 2.45) is 0 Å². The van der Waals surface area contributed by atoms with Gasteiger partial charge in [0.1, 0.15) is 5.82 Å². The van der Waals surface area contributed by atoms with Crippen LogP contribution in [0.25, 0.3) is 0 Å². The molecule has 0 bridgehead atoms. The van der Waals surface area contributed by atoms with Crippen LogP contribution in [0.3, 0.4) is 0 Å². The molecule has 2 rings (SSSR count). The molecule has 0 aliphatic carbocycles. The minimum atomic E-state index is -0.355. The third kappa shape index (κ3) is 3.64. The summed E-state index contributed by atoms with van der Waals surface area (Å²) in [5.74, 6) is -0.399. The third-order valence-electron chi connectivity index (χ3n) is 2.61. The fourth-order valence-corrected chi connectivity index (χ4v) is 3.03. The van der Waals surface area contributed by atoms with Gasteiger partial charge in [-0.25, -0.2) is 4.39 Å². The fraction of sp³-hybridized carbons (Fsp3) is 0.0714. The van der Waals surface area contributed by atoms with E-state index in [1.807, 2.05) is 18.2 Å². The first-order valence-electron chi connectivity index (χ1n) is 5.40. The average molecular weight is 498 g/mol. The molecule has 0 saturated carbocycles. The van der Waals surface area contributed by atoms with E-state index in [0.29, 0.717) is 15.6 Å². The Labute approximate surface area is 141 Å². The molecule has 0 atom stereocenters. The van der Waals surface area contributed by atoms with Gasteiger partial charge in [-0.1, -0.05) is 28.1 Å². The number of Topliss-reactive ketones (excluding diaryl/α,β-unsaturated/α-hetero) is 1. The average Bonchev–Trinajstić information content (AvgIpc) is 2.38. The van der Waals surface area contributed by atoms with Crippen molar-refractivity contribution in [2.75, 3.05) is 0 Å². The van der Waals surface area contributed by atoms with E-state index in [1.54, 1.807) is 12.1 Å². The number of carbonyl (C=O) groups is 1. The Bertz CT molecular complexity index is 643. The van der Waals surface area contributed by atoms with Crippen LogP contribution in [0.2, 0.25) is 0 Å². The molecule has 2 aromatic rings. The lowest BCUT2D eigenvalue weighted by molar-refractivity contribution is 0.0992. The molecule has 0 radical (unpaired) electrons. The highest BCUT2D eigenvalue weighted by atomic mass is 127. The van der Waals surface area contributed by atoms with Gasteiger partial charge in [-0.2, -0.15) is 0 Å². The standard InChI is InChI=1S/C14H8Br2FIO/c15-11-5-4-9(18)7-10(11)13(19)6-8-2-1-3-12(17)14(8)16/h1-5,7H,6H2. The predicted molar refractivity (Wildman–Crippen MR) is 89.0 cm³/mol. The van der Waals surface area contributed by atoms with Gasteiger partial charge in [-0.15, -0.1) is 0 Å². The summed E-state index contributed by atoms with van der Waals surface area (Å²) >= 11 is 8.70. The molecule has 2 aromatic carbocycles. The maximum Gasteiger partial charge on any atom is 0.168 e. The minimum absolute atomic E-state index is 0.0447. The molecule has 0 N–H and O–H groups in total. The van der Waals surface area contributed by atoms with Gasteiger partial charge in [0, 0.05) is 20.0 Å². The van der Waals surface area contributed by atoms with E-state index in [-0.39, 0.29) is 18.0 Å². The van der Waals surface area contributed by atoms with Crippen LogP contribution in [0.15, 0.2) is 45.3 Å². The lowest BCUT2D eigenvalue weighted by Crippen LogP contribution is -2.06. The number of hydrogen-bond acceptors (Lipinski definition) is 1. The zero-order chi connectivity index (χ0) is 14.0. The monoisotopic (exact) mass is 496 g/mol. The van der Waals surface area contributed by atoms with Crippen molar-refractivity contribution in [3.8, 4) is 0 Å². The lowest BCUT2D eigenvalue weighted by Gasteiger charge is -2.07. The van der Waals surface area contributed by atoms with Crippen molar-refractivity contribution in [3.05, 3.63) is 65.9 Å². The van der Waals surface area contributed by atoms with Gasteiger partial charge >= 0.3 is 0 Å². The second-order valence-electron chi connectivity index (χ2n) is 3.94. The summed E-state index contributed by atoms with van der Waals surface area (Å²) < 4.78 is 15.5. The summed E-state index contributed by atoms with van der Waals surface area (Å²) in [6.45, 7) is 0. The summed E-state index contributed by atoms with van der Waals surface area (Å²) in [7, 11) is 0. The smallest absolute Gasteiger partial charge is 0.168 e. The van der Waals surface area contributed by atoms with Gasteiger partial charge < -0.3 is 0 Å². The zero-order valence-electron chi connectivity index (χ0n) is 9.59. The number of benzene rings is 2. The van der Waals surface area contributed by atoms with E-state index in [4.69, 9.17) is 0 Å². The number of ketones is 1. The van der Waals surface area contributed by atoms with E-state index in [2.05, 4.69) is 54.5 Å². The Hall–Kier alpha value is -0.270. The van der Waals surface area contributed by atoms with E-state index < -0.39 is 0 Å². The molecule has 1 nitrogen and oxygen atoms in total. The normalized spacial score (nSPS) is 10.5. The summed E-state index contributed by atoms with van der Waals surface area (Å²) in [6.07, 6.45) is 0.164. The van der Waals surface area contributed by atoms with E-state index in [0.717, 1.165) is 8.04 Å². The van der Waals surface area contributed by atoms with E-state index >= 15 is 0 Å². The van der Waals surface area contributed by atoms with Gasteiger partial charge in [0.15, 0.2) is 5.78 Å². The molecule has 0 aliphatic heterocycles. The third-order valence-corrected chi connectivity index (χ3v) is 4.86. The molecular weight excluding hydrogens is 490 g/mol. The Morgan fingerprint density at radius 2 is 1.95 bits per heavy atom. The zero-order valence-corrected chi connectivity index (χ0v) is 14.9. The Balaban J connectivity index is 2.31. The van der Waals surface area contributed by atoms with Crippen LogP contribution >= 0.6 is 54.5 Å². The van der Waals surface area contributed by atoms with Crippen molar-refractivity contribution >= 4 is 60.2 Å². The van der Waals surface area contributed by atoms with Gasteiger partial charge in [0.2, 0.25) is 0 Å². The number of hydrogen-bond donors (Lipinski definition) is 0. The molecular formula is C14H8Br2FIO. The molecule has 98 valence electrons. The fourth-order valence-electron chi connectivity index (χ4n) is 1.66. The first kappa shape index (κ1) is 15.1. The SMILES string of the molecule is O=C(Cc1cccc(F)c1Br)c1cc(I)ccc1Br. The summed E-state index contributed by atoms with van der Waals surface area (Å²) in [6, 6.07) is 10.3. The van der Waals surface area contributed by atoms with E-state index in [9.17, 15) is 9.18 Å². The van der Waals surface area contributed by atoms with Gasteiger partial charge in [-0.05, 0) is 68.3 Å². The van der Waals surface area contributed by atoms with Crippen LogP contribution in [0, 0.1) is 9.39 Å². The first-order chi connectivity index (χ1) is 8.99. The Morgan fingerprint density at radius 1 is 1.21 bits per heavy atom. The van der Waals surface area contributed by atoms with Crippen molar-refractivity contribution in [1.29, 1.82) is 0 Å². The first-order valence-corrected chi connectivity index (χ1v) is 8.06. The molecule has 0 amide bonds. The largest absolute Gasteiger partial charge is 0.294 e. The van der Waals surface area contributed by atoms with Crippen LogP contribution in [0.5, 0.6) is 0 Å². The van der Waals surface area contributed by atoms with E-state index in [1.165, 1.54) is 6.07 Å². The van der Waals surface area contributed by atoms with Crippen LogP contribution in [-0.2, 0) is 6.42 Å². The quantitative estimate of drug-likeness (QED) is 0.411. The topological polar surface area (TPSA) is 17.1 Å². The molecule has 0 saturated heterocycles. The highest BCUT2D eigenvalue weighted by Gasteiger charge is 2.14. The summed E-state index contributed by atoms with van der Waals surface area (Å²) in [5, 5.41) is 0. The van der Waals surface area contributed by atoms with Gasteiger partial charge in [0.05, 0.1) is 4.47 Å². The number of halogens is 4. The van der Waals surface area contributed by atoms with Crippen molar-refractivity contribution in [2.45, 2.75) is 6.42 Å². The molecule has 0 unspecified atom stereocenters. The van der Waals surface area contributed by atoms with Crippen LogP contribution in [0.4, 0.5) is 4.39 Å². The molecule has 0 aliphatic rings. The minimum Gasteiger partial charge on any atom is -0.294 e. The second kappa shape index (κ2) is 6.45. The maximum atomic E-state index is 13.4. The Morgan fingerprint density at radius 3 is 2.68 bits per heavy atom. The summed E-state index contributed by atoms with van der Waals surface area (Å²) in [5.41, 5.74) is 1.26.